The van der Waals surface area contributed by atoms with Crippen molar-refractivity contribution < 1.29 is 0 Å². The average Bonchev–Trinajstić information content (AvgIpc) is 2.47. The normalized spacial score (nSPS) is 12.4. The summed E-state index contributed by atoms with van der Waals surface area (Å²) in [5.41, 5.74) is 7.13. The summed E-state index contributed by atoms with van der Waals surface area (Å²) in [6, 6.07) is 4.21. The lowest BCUT2D eigenvalue weighted by Crippen LogP contribution is -2.08. The fourth-order valence-electron chi connectivity index (χ4n) is 1.12. The van der Waals surface area contributed by atoms with Gasteiger partial charge in [-0.3, -0.25) is 0 Å². The maximum absolute atomic E-state index is 8.38. The number of thiophene rings is 1. The van der Waals surface area contributed by atoms with E-state index in [1.165, 1.54) is 10.4 Å². The number of nitrogens with two attached hydrogens (primary N) is 1. The van der Waals surface area contributed by atoms with Gasteiger partial charge in [-0.05, 0) is 30.4 Å². The van der Waals surface area contributed by atoms with E-state index in [4.69, 9.17) is 11.0 Å². The van der Waals surface area contributed by atoms with Gasteiger partial charge in [-0.15, -0.1) is 11.3 Å². The SMILES string of the molecule is Cc1ccsc1C(N)CCC#N. The standard InChI is InChI=1S/C9H12N2S/c1-7-4-6-12-9(7)8(11)3-2-5-10/h4,6,8H,2-3,11H2,1H3. The van der Waals surface area contributed by atoms with Crippen molar-refractivity contribution in [1.29, 1.82) is 5.26 Å². The molecule has 0 saturated carbocycles. The quantitative estimate of drug-likeness (QED) is 0.776. The number of nitriles is 1. The summed E-state index contributed by atoms with van der Waals surface area (Å²) in [4.78, 5) is 1.21. The van der Waals surface area contributed by atoms with E-state index in [9.17, 15) is 0 Å². The molecule has 2 N–H and O–H groups in total. The van der Waals surface area contributed by atoms with Crippen LogP contribution in [0.25, 0.3) is 0 Å². The molecule has 1 heterocycles. The van der Waals surface area contributed by atoms with E-state index >= 15 is 0 Å². The van der Waals surface area contributed by atoms with Crippen LogP contribution < -0.4 is 5.73 Å². The largest absolute Gasteiger partial charge is 0.323 e. The Balaban J connectivity index is 2.60. The third kappa shape index (κ3) is 2.07. The highest BCUT2D eigenvalue weighted by Gasteiger charge is 2.08. The number of hydrogen-bond donors (Lipinski definition) is 1. The van der Waals surface area contributed by atoms with E-state index in [-0.39, 0.29) is 6.04 Å². The van der Waals surface area contributed by atoms with Gasteiger partial charge < -0.3 is 5.73 Å². The molecule has 0 saturated heterocycles. The molecule has 12 heavy (non-hydrogen) atoms. The second kappa shape index (κ2) is 4.24. The van der Waals surface area contributed by atoms with Gasteiger partial charge in [0.05, 0.1) is 6.07 Å². The van der Waals surface area contributed by atoms with Crippen LogP contribution in [0.1, 0.15) is 29.3 Å². The number of rotatable bonds is 3. The van der Waals surface area contributed by atoms with Crippen LogP contribution in [0.5, 0.6) is 0 Å². The molecular weight excluding hydrogens is 168 g/mol. The first-order chi connectivity index (χ1) is 5.75. The molecule has 0 amide bonds. The van der Waals surface area contributed by atoms with E-state index in [0.717, 1.165) is 6.42 Å². The number of aryl methyl sites for hydroxylation is 1. The molecule has 0 bridgehead atoms. The minimum absolute atomic E-state index is 0.0460. The Bertz CT molecular complexity index is 285. The Labute approximate surface area is 76.6 Å². The Morgan fingerprint density at radius 1 is 1.75 bits per heavy atom. The molecule has 1 unspecified atom stereocenters. The van der Waals surface area contributed by atoms with Gasteiger partial charge in [-0.1, -0.05) is 0 Å². The zero-order chi connectivity index (χ0) is 8.97. The third-order valence-electron chi connectivity index (χ3n) is 1.81. The summed E-state index contributed by atoms with van der Waals surface area (Å²) in [6.45, 7) is 2.05. The maximum atomic E-state index is 8.38. The molecule has 1 atom stereocenters. The van der Waals surface area contributed by atoms with Gasteiger partial charge in [0.2, 0.25) is 0 Å². The number of nitrogens with zero attached hydrogens (tertiary/aromatic N) is 1. The molecule has 2 nitrogen and oxygen atoms in total. The minimum Gasteiger partial charge on any atom is -0.323 e. The van der Waals surface area contributed by atoms with E-state index < -0.39 is 0 Å². The van der Waals surface area contributed by atoms with Gasteiger partial charge in [0, 0.05) is 17.3 Å². The predicted molar refractivity (Wildman–Crippen MR) is 50.8 cm³/mol. The second-order valence-electron chi connectivity index (χ2n) is 2.77. The molecule has 0 aliphatic carbocycles. The molecule has 1 rings (SSSR count). The van der Waals surface area contributed by atoms with Crippen LogP contribution in [-0.4, -0.2) is 0 Å². The summed E-state index contributed by atoms with van der Waals surface area (Å²) >= 11 is 1.67. The fraction of sp³-hybridized carbons (Fsp3) is 0.444. The highest BCUT2D eigenvalue weighted by atomic mass is 32.1. The molecule has 0 aliphatic heterocycles. The zero-order valence-corrected chi connectivity index (χ0v) is 7.90. The molecular formula is C9H12N2S. The summed E-state index contributed by atoms with van der Waals surface area (Å²) in [7, 11) is 0. The Kier molecular flexibility index (Phi) is 3.27. The van der Waals surface area contributed by atoms with E-state index in [2.05, 4.69) is 19.1 Å². The van der Waals surface area contributed by atoms with Crippen molar-refractivity contribution in [3.05, 3.63) is 21.9 Å². The third-order valence-corrected chi connectivity index (χ3v) is 2.96. The van der Waals surface area contributed by atoms with Crippen molar-refractivity contribution in [3.8, 4) is 6.07 Å². The summed E-state index contributed by atoms with van der Waals surface area (Å²) < 4.78 is 0. The topological polar surface area (TPSA) is 49.8 Å². The van der Waals surface area contributed by atoms with Crippen LogP contribution in [0, 0.1) is 18.3 Å². The van der Waals surface area contributed by atoms with Gasteiger partial charge in [0.25, 0.3) is 0 Å². The van der Waals surface area contributed by atoms with Crippen molar-refractivity contribution in [2.75, 3.05) is 0 Å². The van der Waals surface area contributed by atoms with Crippen LogP contribution in [0.3, 0.4) is 0 Å². The fourth-order valence-corrected chi connectivity index (χ4v) is 2.08. The second-order valence-corrected chi connectivity index (χ2v) is 3.72. The molecule has 64 valence electrons. The van der Waals surface area contributed by atoms with Gasteiger partial charge in [0.1, 0.15) is 0 Å². The monoisotopic (exact) mass is 180 g/mol. The lowest BCUT2D eigenvalue weighted by molar-refractivity contribution is 0.673. The molecule has 3 heteroatoms. The highest BCUT2D eigenvalue weighted by Crippen LogP contribution is 2.24. The van der Waals surface area contributed by atoms with Crippen LogP contribution in [-0.2, 0) is 0 Å². The van der Waals surface area contributed by atoms with Gasteiger partial charge in [-0.25, -0.2) is 0 Å². The Morgan fingerprint density at radius 2 is 2.50 bits per heavy atom. The zero-order valence-electron chi connectivity index (χ0n) is 7.08. The van der Waals surface area contributed by atoms with Crippen LogP contribution in [0.2, 0.25) is 0 Å². The van der Waals surface area contributed by atoms with Crippen LogP contribution in [0.4, 0.5) is 0 Å². The summed E-state index contributed by atoms with van der Waals surface area (Å²) in [6.07, 6.45) is 1.30. The van der Waals surface area contributed by atoms with Crippen molar-refractivity contribution in [1.82, 2.24) is 0 Å². The van der Waals surface area contributed by atoms with E-state index in [1.54, 1.807) is 11.3 Å². The van der Waals surface area contributed by atoms with Crippen LogP contribution in [0.15, 0.2) is 11.4 Å². The minimum atomic E-state index is 0.0460. The van der Waals surface area contributed by atoms with Crippen molar-refractivity contribution in [2.24, 2.45) is 5.73 Å². The first kappa shape index (κ1) is 9.24. The van der Waals surface area contributed by atoms with Gasteiger partial charge in [-0.2, -0.15) is 5.26 Å². The Hall–Kier alpha value is -0.850. The first-order valence-corrected chi connectivity index (χ1v) is 4.80. The lowest BCUT2D eigenvalue weighted by Gasteiger charge is -2.07. The molecule has 0 spiro atoms. The molecule has 0 aromatic carbocycles. The average molecular weight is 180 g/mol. The molecule has 1 aromatic rings. The van der Waals surface area contributed by atoms with Crippen LogP contribution >= 0.6 is 11.3 Å². The smallest absolute Gasteiger partial charge is 0.0622 e. The first-order valence-electron chi connectivity index (χ1n) is 3.92. The molecule has 0 fully saturated rings. The van der Waals surface area contributed by atoms with Crippen molar-refractivity contribution in [3.63, 3.8) is 0 Å². The lowest BCUT2D eigenvalue weighted by atomic mass is 10.1. The summed E-state index contributed by atoms with van der Waals surface area (Å²) in [5.74, 6) is 0. The van der Waals surface area contributed by atoms with Crippen molar-refractivity contribution in [2.45, 2.75) is 25.8 Å². The molecule has 0 aliphatic rings. The predicted octanol–water partition coefficient (Wildman–Crippen LogP) is 2.36. The van der Waals surface area contributed by atoms with Gasteiger partial charge in [0.15, 0.2) is 0 Å². The van der Waals surface area contributed by atoms with E-state index in [1.807, 2.05) is 5.38 Å². The maximum Gasteiger partial charge on any atom is 0.0622 e. The van der Waals surface area contributed by atoms with Crippen molar-refractivity contribution >= 4 is 11.3 Å². The molecule has 1 aromatic heterocycles. The highest BCUT2D eigenvalue weighted by molar-refractivity contribution is 7.10. The van der Waals surface area contributed by atoms with E-state index in [0.29, 0.717) is 6.42 Å². The summed E-state index contributed by atoms with van der Waals surface area (Å²) in [5, 5.41) is 10.4. The molecule has 0 radical (unpaired) electrons. The van der Waals surface area contributed by atoms with Gasteiger partial charge >= 0.3 is 0 Å². The Morgan fingerprint density at radius 3 is 3.00 bits per heavy atom. The number of hydrogen-bond acceptors (Lipinski definition) is 3.